The molecule has 0 amide bonds. The van der Waals surface area contributed by atoms with E-state index in [1.807, 2.05) is 6.07 Å². The van der Waals surface area contributed by atoms with Crippen molar-refractivity contribution in [3.8, 4) is 11.1 Å². The molecule has 0 aliphatic heterocycles. The number of ether oxygens (including phenoxy) is 1. The Balaban J connectivity index is 2.11. The van der Waals surface area contributed by atoms with Crippen molar-refractivity contribution in [2.75, 3.05) is 7.11 Å². The second-order valence-electron chi connectivity index (χ2n) is 4.23. The summed E-state index contributed by atoms with van der Waals surface area (Å²) < 4.78 is 5.40. The number of aromatic amines is 1. The van der Waals surface area contributed by atoms with E-state index in [0.29, 0.717) is 0 Å². The molecule has 0 spiro atoms. The van der Waals surface area contributed by atoms with Crippen LogP contribution in [0, 0.1) is 0 Å². The van der Waals surface area contributed by atoms with Crippen molar-refractivity contribution in [2.45, 2.75) is 12.8 Å². The lowest BCUT2D eigenvalue weighted by Crippen LogP contribution is -2.00. The van der Waals surface area contributed by atoms with Crippen LogP contribution >= 0.6 is 0 Å². The average molecular weight is 225 g/mol. The number of nitrogens with one attached hydrogen (secondary N) is 1. The van der Waals surface area contributed by atoms with E-state index in [0.717, 1.165) is 24.3 Å². The molecule has 0 radical (unpaired) electrons. The van der Waals surface area contributed by atoms with Gasteiger partial charge in [-0.2, -0.15) is 0 Å². The normalized spacial score (nSPS) is 14.1. The summed E-state index contributed by atoms with van der Waals surface area (Å²) >= 11 is 0. The van der Waals surface area contributed by atoms with Crippen LogP contribution in [0.4, 0.5) is 0 Å². The summed E-state index contributed by atoms with van der Waals surface area (Å²) in [6.07, 6.45) is 6.36. The Kier molecular flexibility index (Phi) is 2.48. The van der Waals surface area contributed by atoms with Gasteiger partial charge in [0, 0.05) is 11.8 Å². The minimum atomic E-state index is 0.966. The van der Waals surface area contributed by atoms with Crippen LogP contribution in [0.2, 0.25) is 0 Å². The third-order valence-corrected chi connectivity index (χ3v) is 3.26. The third kappa shape index (κ3) is 1.66. The molecule has 2 aromatic rings. The molecule has 1 N–H and O–H groups in total. The van der Waals surface area contributed by atoms with Gasteiger partial charge >= 0.3 is 0 Å². The van der Waals surface area contributed by atoms with Crippen LogP contribution in [0.3, 0.4) is 0 Å². The highest BCUT2D eigenvalue weighted by Crippen LogP contribution is 2.34. The van der Waals surface area contributed by atoms with Crippen molar-refractivity contribution >= 4 is 5.76 Å². The molecule has 1 aromatic carbocycles. The quantitative estimate of drug-likeness (QED) is 0.829. The number of H-pyrrole nitrogens is 1. The van der Waals surface area contributed by atoms with Gasteiger partial charge in [0.15, 0.2) is 0 Å². The highest BCUT2D eigenvalue weighted by molar-refractivity contribution is 5.75. The number of methoxy groups -OCH3 is 1. The maximum Gasteiger partial charge on any atom is 0.138 e. The van der Waals surface area contributed by atoms with E-state index in [9.17, 15) is 0 Å². The fraction of sp³-hybridized carbons (Fsp3) is 0.200. The molecule has 2 nitrogen and oxygen atoms in total. The second-order valence-corrected chi connectivity index (χ2v) is 4.23. The van der Waals surface area contributed by atoms with E-state index in [2.05, 4.69) is 41.5 Å². The van der Waals surface area contributed by atoms with Gasteiger partial charge in [-0.05, 0) is 30.0 Å². The van der Waals surface area contributed by atoms with Gasteiger partial charge in [0.2, 0.25) is 0 Å². The topological polar surface area (TPSA) is 25.0 Å². The van der Waals surface area contributed by atoms with Gasteiger partial charge in [-0.3, -0.25) is 0 Å². The zero-order valence-electron chi connectivity index (χ0n) is 9.86. The Morgan fingerprint density at radius 3 is 2.76 bits per heavy atom. The molecule has 0 saturated heterocycles. The number of hydrogen-bond acceptors (Lipinski definition) is 1. The van der Waals surface area contributed by atoms with Gasteiger partial charge < -0.3 is 9.72 Å². The molecule has 86 valence electrons. The summed E-state index contributed by atoms with van der Waals surface area (Å²) in [6.45, 7) is 0. The van der Waals surface area contributed by atoms with Gasteiger partial charge in [-0.1, -0.05) is 30.3 Å². The van der Waals surface area contributed by atoms with Gasteiger partial charge in [0.05, 0.1) is 12.8 Å². The first kappa shape index (κ1) is 10.2. The van der Waals surface area contributed by atoms with E-state index >= 15 is 0 Å². The molecule has 0 bridgehead atoms. The second kappa shape index (κ2) is 4.13. The molecule has 0 fully saturated rings. The molecular formula is C15H15NO. The zero-order valence-corrected chi connectivity index (χ0v) is 9.86. The molecule has 17 heavy (non-hydrogen) atoms. The van der Waals surface area contributed by atoms with Crippen LogP contribution in [0.15, 0.2) is 42.6 Å². The van der Waals surface area contributed by atoms with E-state index in [-0.39, 0.29) is 0 Å². The zero-order chi connectivity index (χ0) is 11.7. The first-order valence-corrected chi connectivity index (χ1v) is 5.90. The van der Waals surface area contributed by atoms with Crippen molar-refractivity contribution in [1.29, 1.82) is 0 Å². The fourth-order valence-electron chi connectivity index (χ4n) is 2.44. The summed E-state index contributed by atoms with van der Waals surface area (Å²) in [4.78, 5) is 3.33. The molecule has 1 aromatic heterocycles. The highest BCUT2D eigenvalue weighted by atomic mass is 16.5. The molecule has 1 aliphatic rings. The van der Waals surface area contributed by atoms with Gasteiger partial charge in [0.1, 0.15) is 5.76 Å². The Labute approximate surface area is 101 Å². The molecule has 1 aliphatic carbocycles. The molecule has 2 heteroatoms. The SMILES string of the molecule is COC1=CCCc2c(-c3ccccc3)c[nH]c21. The van der Waals surface area contributed by atoms with Crippen LogP contribution in [0.25, 0.3) is 16.9 Å². The van der Waals surface area contributed by atoms with Crippen molar-refractivity contribution in [2.24, 2.45) is 0 Å². The summed E-state index contributed by atoms with van der Waals surface area (Å²) in [5.74, 6) is 0.966. The summed E-state index contributed by atoms with van der Waals surface area (Å²) in [5.41, 5.74) is 5.07. The molecule has 3 rings (SSSR count). The lowest BCUT2D eigenvalue weighted by atomic mass is 9.95. The number of rotatable bonds is 2. The summed E-state index contributed by atoms with van der Waals surface area (Å²) in [7, 11) is 1.73. The number of fused-ring (bicyclic) bond motifs is 1. The van der Waals surface area contributed by atoms with Crippen molar-refractivity contribution in [1.82, 2.24) is 4.98 Å². The maximum absolute atomic E-state index is 5.40. The maximum atomic E-state index is 5.40. The Morgan fingerprint density at radius 2 is 2.00 bits per heavy atom. The van der Waals surface area contributed by atoms with Crippen LogP contribution in [-0.2, 0) is 11.2 Å². The number of hydrogen-bond donors (Lipinski definition) is 1. The molecular weight excluding hydrogens is 210 g/mol. The predicted octanol–water partition coefficient (Wildman–Crippen LogP) is 3.62. The number of aromatic nitrogens is 1. The fourth-order valence-corrected chi connectivity index (χ4v) is 2.44. The Hall–Kier alpha value is -1.96. The van der Waals surface area contributed by atoms with Gasteiger partial charge in [-0.15, -0.1) is 0 Å². The van der Waals surface area contributed by atoms with Gasteiger partial charge in [-0.25, -0.2) is 0 Å². The predicted molar refractivity (Wildman–Crippen MR) is 69.5 cm³/mol. The smallest absolute Gasteiger partial charge is 0.138 e. The monoisotopic (exact) mass is 225 g/mol. The minimum absolute atomic E-state index is 0.966. The largest absolute Gasteiger partial charge is 0.495 e. The van der Waals surface area contributed by atoms with Crippen LogP contribution < -0.4 is 0 Å². The lowest BCUT2D eigenvalue weighted by molar-refractivity contribution is 0.365. The van der Waals surface area contributed by atoms with Gasteiger partial charge in [0.25, 0.3) is 0 Å². The van der Waals surface area contributed by atoms with E-state index in [1.54, 1.807) is 7.11 Å². The first-order valence-electron chi connectivity index (χ1n) is 5.90. The van der Waals surface area contributed by atoms with Crippen molar-refractivity contribution in [3.05, 3.63) is 53.9 Å². The van der Waals surface area contributed by atoms with Crippen LogP contribution in [0.1, 0.15) is 17.7 Å². The minimum Gasteiger partial charge on any atom is -0.495 e. The van der Waals surface area contributed by atoms with Crippen LogP contribution in [0.5, 0.6) is 0 Å². The third-order valence-electron chi connectivity index (χ3n) is 3.26. The lowest BCUT2D eigenvalue weighted by Gasteiger charge is -2.14. The number of allylic oxidation sites excluding steroid dienone is 1. The van der Waals surface area contributed by atoms with Crippen molar-refractivity contribution in [3.63, 3.8) is 0 Å². The van der Waals surface area contributed by atoms with Crippen LogP contribution in [-0.4, -0.2) is 12.1 Å². The standard InChI is InChI=1S/C15H15NO/c1-17-14-9-5-8-12-13(10-16-15(12)14)11-6-3-2-4-7-11/h2-4,6-7,9-10,16H,5,8H2,1H3. The summed E-state index contributed by atoms with van der Waals surface area (Å²) in [5, 5.41) is 0. The average Bonchev–Trinajstić information content (AvgIpc) is 2.83. The Bertz CT molecular complexity index is 552. The molecule has 1 heterocycles. The van der Waals surface area contributed by atoms with E-state index in [4.69, 9.17) is 4.74 Å². The molecule has 0 saturated carbocycles. The molecule has 0 atom stereocenters. The van der Waals surface area contributed by atoms with E-state index < -0.39 is 0 Å². The summed E-state index contributed by atoms with van der Waals surface area (Å²) in [6, 6.07) is 10.5. The Morgan fingerprint density at radius 1 is 1.18 bits per heavy atom. The highest BCUT2D eigenvalue weighted by Gasteiger charge is 2.18. The van der Waals surface area contributed by atoms with Crippen molar-refractivity contribution < 1.29 is 4.74 Å². The first-order chi connectivity index (χ1) is 8.40. The van der Waals surface area contributed by atoms with E-state index in [1.165, 1.54) is 16.7 Å². The number of benzene rings is 1. The molecule has 0 unspecified atom stereocenters.